The first kappa shape index (κ1) is 12.8. The van der Waals surface area contributed by atoms with Crippen molar-refractivity contribution >= 4 is 28.3 Å². The van der Waals surface area contributed by atoms with Crippen LogP contribution in [0, 0.1) is 17.0 Å². The summed E-state index contributed by atoms with van der Waals surface area (Å²) in [5.41, 5.74) is 1.06. The van der Waals surface area contributed by atoms with E-state index in [0.717, 1.165) is 0 Å². The van der Waals surface area contributed by atoms with E-state index in [4.69, 9.17) is 4.52 Å². The highest BCUT2D eigenvalue weighted by Gasteiger charge is 2.17. The first-order valence-corrected chi connectivity index (χ1v) is 5.92. The van der Waals surface area contributed by atoms with Crippen LogP contribution in [0.1, 0.15) is 16.2 Å². The number of carbonyl (C=O) groups is 1. The van der Waals surface area contributed by atoms with Crippen LogP contribution >= 0.6 is 0 Å². The molecule has 0 saturated carbocycles. The van der Waals surface area contributed by atoms with Crippen molar-refractivity contribution in [2.24, 2.45) is 0 Å². The number of amides is 1. The van der Waals surface area contributed by atoms with Crippen LogP contribution in [0.2, 0.25) is 0 Å². The molecule has 2 heterocycles. The van der Waals surface area contributed by atoms with E-state index < -0.39 is 10.8 Å². The second-order valence-corrected chi connectivity index (χ2v) is 4.35. The van der Waals surface area contributed by atoms with Gasteiger partial charge in [-0.05, 0) is 13.0 Å². The third kappa shape index (κ3) is 2.31. The van der Waals surface area contributed by atoms with Crippen LogP contribution in [0.4, 0.5) is 11.5 Å². The Hall–Kier alpha value is -3.23. The first-order valence-electron chi connectivity index (χ1n) is 5.92. The standard InChI is InChI=1S/C12H9N5O4/c1-6-4-10(21-16-6)12(18)13-11-8-5-7(17(19)20)2-3-9(8)14-15-11/h2-5H,1H3,(H2,13,14,15,18). The smallest absolute Gasteiger partial charge is 0.295 e. The lowest BCUT2D eigenvalue weighted by molar-refractivity contribution is -0.384. The number of carbonyl (C=O) groups excluding carboxylic acids is 1. The second-order valence-electron chi connectivity index (χ2n) is 4.35. The predicted molar refractivity (Wildman–Crippen MR) is 71.9 cm³/mol. The number of non-ortho nitro benzene ring substituents is 1. The van der Waals surface area contributed by atoms with Crippen LogP contribution in [0.5, 0.6) is 0 Å². The van der Waals surface area contributed by atoms with Gasteiger partial charge >= 0.3 is 0 Å². The molecule has 1 amide bonds. The molecule has 2 aromatic heterocycles. The van der Waals surface area contributed by atoms with Gasteiger partial charge in [-0.15, -0.1) is 0 Å². The summed E-state index contributed by atoms with van der Waals surface area (Å²) in [5, 5.41) is 24.0. The lowest BCUT2D eigenvalue weighted by Gasteiger charge is -1.98. The summed E-state index contributed by atoms with van der Waals surface area (Å²) >= 11 is 0. The third-order valence-electron chi connectivity index (χ3n) is 2.84. The molecule has 9 heteroatoms. The summed E-state index contributed by atoms with van der Waals surface area (Å²) in [6.07, 6.45) is 0. The Balaban J connectivity index is 1.95. The summed E-state index contributed by atoms with van der Waals surface area (Å²) < 4.78 is 4.84. The van der Waals surface area contributed by atoms with Crippen molar-refractivity contribution in [2.75, 3.05) is 5.32 Å². The molecule has 3 aromatic rings. The van der Waals surface area contributed by atoms with Crippen LogP contribution < -0.4 is 5.32 Å². The van der Waals surface area contributed by atoms with Crippen molar-refractivity contribution in [3.63, 3.8) is 0 Å². The molecule has 9 nitrogen and oxygen atoms in total. The molecule has 1 aromatic carbocycles. The molecule has 3 rings (SSSR count). The molecule has 0 aliphatic carbocycles. The van der Waals surface area contributed by atoms with E-state index >= 15 is 0 Å². The van der Waals surface area contributed by atoms with Crippen LogP contribution in [0.3, 0.4) is 0 Å². The van der Waals surface area contributed by atoms with Gasteiger partial charge in [0.15, 0.2) is 5.82 Å². The van der Waals surface area contributed by atoms with Crippen LogP contribution in [0.15, 0.2) is 28.8 Å². The lowest BCUT2D eigenvalue weighted by atomic mass is 10.2. The van der Waals surface area contributed by atoms with Crippen molar-refractivity contribution in [3.8, 4) is 0 Å². The Morgan fingerprint density at radius 2 is 2.24 bits per heavy atom. The highest BCUT2D eigenvalue weighted by atomic mass is 16.6. The predicted octanol–water partition coefficient (Wildman–Crippen LogP) is 2.02. The number of rotatable bonds is 3. The van der Waals surface area contributed by atoms with Gasteiger partial charge in [-0.25, -0.2) is 0 Å². The zero-order valence-corrected chi connectivity index (χ0v) is 10.8. The maximum atomic E-state index is 12.0. The molecule has 0 fully saturated rings. The molecule has 0 unspecified atom stereocenters. The monoisotopic (exact) mass is 287 g/mol. The average Bonchev–Trinajstić information content (AvgIpc) is 3.05. The molecular weight excluding hydrogens is 278 g/mol. The normalized spacial score (nSPS) is 10.7. The second kappa shape index (κ2) is 4.71. The fourth-order valence-electron chi connectivity index (χ4n) is 1.85. The maximum absolute atomic E-state index is 12.0. The number of aromatic amines is 1. The number of nitro groups is 1. The van der Waals surface area contributed by atoms with Crippen molar-refractivity contribution in [1.29, 1.82) is 0 Å². The number of nitro benzene ring substituents is 1. The molecule has 0 aliphatic rings. The van der Waals surface area contributed by atoms with Gasteiger partial charge in [-0.1, -0.05) is 5.16 Å². The van der Waals surface area contributed by atoms with Crippen molar-refractivity contribution in [1.82, 2.24) is 15.4 Å². The van der Waals surface area contributed by atoms with E-state index in [-0.39, 0.29) is 17.3 Å². The van der Waals surface area contributed by atoms with Crippen molar-refractivity contribution < 1.29 is 14.2 Å². The summed E-state index contributed by atoms with van der Waals surface area (Å²) in [6.45, 7) is 1.69. The topological polar surface area (TPSA) is 127 Å². The molecule has 0 spiro atoms. The van der Waals surface area contributed by atoms with E-state index in [1.807, 2.05) is 0 Å². The van der Waals surface area contributed by atoms with Gasteiger partial charge in [-0.3, -0.25) is 20.0 Å². The number of nitrogens with zero attached hydrogens (tertiary/aromatic N) is 3. The number of hydrogen-bond acceptors (Lipinski definition) is 6. The Bertz CT molecular complexity index is 850. The Morgan fingerprint density at radius 1 is 1.43 bits per heavy atom. The Morgan fingerprint density at radius 3 is 2.90 bits per heavy atom. The van der Waals surface area contributed by atoms with E-state index in [0.29, 0.717) is 16.6 Å². The Kier molecular flexibility index (Phi) is 2.87. The fourth-order valence-corrected chi connectivity index (χ4v) is 1.85. The maximum Gasteiger partial charge on any atom is 0.295 e. The van der Waals surface area contributed by atoms with Gasteiger partial charge in [0.25, 0.3) is 11.6 Å². The van der Waals surface area contributed by atoms with E-state index in [2.05, 4.69) is 20.7 Å². The first-order chi connectivity index (χ1) is 10.0. The molecule has 0 saturated heterocycles. The number of hydrogen-bond donors (Lipinski definition) is 2. The van der Waals surface area contributed by atoms with Gasteiger partial charge in [0.05, 0.1) is 21.5 Å². The van der Waals surface area contributed by atoms with Crippen LogP contribution in [-0.4, -0.2) is 26.2 Å². The van der Waals surface area contributed by atoms with E-state index in [9.17, 15) is 14.9 Å². The van der Waals surface area contributed by atoms with Gasteiger partial charge < -0.3 is 9.84 Å². The fraction of sp³-hybridized carbons (Fsp3) is 0.0833. The number of aryl methyl sites for hydroxylation is 1. The van der Waals surface area contributed by atoms with Crippen molar-refractivity contribution in [3.05, 3.63) is 45.8 Å². The van der Waals surface area contributed by atoms with Gasteiger partial charge in [0.1, 0.15) is 0 Å². The summed E-state index contributed by atoms with van der Waals surface area (Å²) in [7, 11) is 0. The lowest BCUT2D eigenvalue weighted by Crippen LogP contribution is -2.11. The largest absolute Gasteiger partial charge is 0.351 e. The molecule has 0 radical (unpaired) electrons. The van der Waals surface area contributed by atoms with Crippen LogP contribution in [0.25, 0.3) is 10.9 Å². The van der Waals surface area contributed by atoms with Gasteiger partial charge in [0, 0.05) is 18.2 Å². The van der Waals surface area contributed by atoms with Crippen molar-refractivity contribution in [2.45, 2.75) is 6.92 Å². The van der Waals surface area contributed by atoms with E-state index in [1.165, 1.54) is 24.3 Å². The summed E-state index contributed by atoms with van der Waals surface area (Å²) in [6, 6.07) is 5.69. The SMILES string of the molecule is Cc1cc(C(=O)Nc2n[nH]c3ccc([N+](=O)[O-])cc23)on1. The highest BCUT2D eigenvalue weighted by molar-refractivity contribution is 6.06. The summed E-state index contributed by atoms with van der Waals surface area (Å²) in [5.74, 6) is -0.308. The minimum Gasteiger partial charge on any atom is -0.351 e. The van der Waals surface area contributed by atoms with Crippen LogP contribution in [-0.2, 0) is 0 Å². The molecule has 2 N–H and O–H groups in total. The summed E-state index contributed by atoms with van der Waals surface area (Å²) in [4.78, 5) is 22.2. The zero-order chi connectivity index (χ0) is 15.0. The Labute approximate surface area is 117 Å². The number of aromatic nitrogens is 3. The quantitative estimate of drug-likeness (QED) is 0.560. The number of anilines is 1. The minimum atomic E-state index is -0.532. The molecule has 0 atom stereocenters. The number of H-pyrrole nitrogens is 1. The average molecular weight is 287 g/mol. The molecule has 21 heavy (non-hydrogen) atoms. The molecule has 0 bridgehead atoms. The van der Waals surface area contributed by atoms with Gasteiger partial charge in [0.2, 0.25) is 5.76 Å². The third-order valence-corrected chi connectivity index (χ3v) is 2.84. The zero-order valence-electron chi connectivity index (χ0n) is 10.8. The van der Waals surface area contributed by atoms with Gasteiger partial charge in [-0.2, -0.15) is 5.10 Å². The van der Waals surface area contributed by atoms with E-state index in [1.54, 1.807) is 6.92 Å². The highest BCUT2D eigenvalue weighted by Crippen LogP contribution is 2.25. The molecule has 106 valence electrons. The number of nitrogens with one attached hydrogen (secondary N) is 2. The number of fused-ring (bicyclic) bond motifs is 1. The minimum absolute atomic E-state index is 0.0362. The molecule has 0 aliphatic heterocycles. The molecular formula is C12H9N5O4. The number of benzene rings is 1.